The zero-order valence-electron chi connectivity index (χ0n) is 39.6. The topological polar surface area (TPSA) is 235 Å². The van der Waals surface area contributed by atoms with Crippen LogP contribution in [0, 0.1) is 23.5 Å². The summed E-state index contributed by atoms with van der Waals surface area (Å²) in [5.74, 6) is -14.3. The zero-order chi connectivity index (χ0) is 48.0. The van der Waals surface area contributed by atoms with Gasteiger partial charge in [-0.25, -0.2) is 26.6 Å². The van der Waals surface area contributed by atoms with Crippen molar-refractivity contribution in [2.24, 2.45) is 11.8 Å². The largest absolute Gasteiger partial charge is 1.00 e. The Morgan fingerprint density at radius 1 is 0.625 bits per heavy atom. The number of Topliss-reactive ketones (excluding diaryl/α,β-unsaturated/α-hetero) is 2. The Kier molecular flexibility index (Phi) is 21.8. The van der Waals surface area contributed by atoms with Gasteiger partial charge in [0.1, 0.15) is 11.6 Å². The standard InChI is InChI=1S/2C20H26FNO6S.C2H4O2.B.Na.H/c2*1-18(2,3)29(26)22-20(6,12-9-7-8-10-13(12)21)11-14(23)15-16(24)27-19(4,5)28-17(15)25;1-2(3)4;;;/h2*7-10,15,22H,11H2,1-6H3;1H3,(H,3,4);;;/q;;;;+1;-1/t2*20-,29+;;;;/m00..../s1. The van der Waals surface area contributed by atoms with E-state index in [4.69, 9.17) is 28.8 Å². The molecule has 0 spiro atoms. The number of benzene rings is 2. The third-order valence-corrected chi connectivity index (χ3v) is 12.2. The first-order valence-corrected chi connectivity index (χ1v) is 21.4. The predicted molar refractivity (Wildman–Crippen MR) is 228 cm³/mol. The summed E-state index contributed by atoms with van der Waals surface area (Å²) in [5, 5.41) is 7.42. The summed E-state index contributed by atoms with van der Waals surface area (Å²) >= 11 is 0. The number of hydrogen-bond donors (Lipinski definition) is 3. The van der Waals surface area contributed by atoms with Crippen molar-refractivity contribution >= 4 is 71.8 Å². The van der Waals surface area contributed by atoms with Crippen LogP contribution >= 0.6 is 0 Å². The second-order valence-corrected chi connectivity index (χ2v) is 21.7. The van der Waals surface area contributed by atoms with Crippen LogP contribution in [-0.4, -0.2) is 84.4 Å². The summed E-state index contributed by atoms with van der Waals surface area (Å²) < 4.78 is 78.7. The van der Waals surface area contributed by atoms with E-state index in [1.165, 1.54) is 77.9 Å². The van der Waals surface area contributed by atoms with E-state index in [9.17, 15) is 46.0 Å². The van der Waals surface area contributed by atoms with Crippen LogP contribution in [0.25, 0.3) is 0 Å². The van der Waals surface area contributed by atoms with Crippen LogP contribution in [0.4, 0.5) is 8.78 Å². The van der Waals surface area contributed by atoms with Gasteiger partial charge in [0, 0.05) is 67.0 Å². The molecule has 4 rings (SSSR count). The summed E-state index contributed by atoms with van der Waals surface area (Å²) in [5.41, 5.74) is -2.73. The Labute approximate surface area is 402 Å². The molecule has 0 saturated carbocycles. The van der Waals surface area contributed by atoms with Gasteiger partial charge in [-0.1, -0.05) is 36.4 Å². The van der Waals surface area contributed by atoms with E-state index in [2.05, 4.69) is 9.44 Å². The Bertz CT molecular complexity index is 1950. The molecule has 0 aromatic heterocycles. The second-order valence-electron chi connectivity index (χ2n) is 17.7. The minimum absolute atomic E-state index is 0. The summed E-state index contributed by atoms with van der Waals surface area (Å²) in [6, 6.07) is 11.5. The fraction of sp³-hybridized carbons (Fsp3) is 0.548. The Balaban J connectivity index is 0. The Morgan fingerprint density at radius 3 is 1.08 bits per heavy atom. The number of nitrogens with one attached hydrogen (secondary N) is 2. The van der Waals surface area contributed by atoms with Crippen LogP contribution in [0.15, 0.2) is 48.5 Å². The van der Waals surface area contributed by atoms with Crippen molar-refractivity contribution in [1.29, 1.82) is 0 Å². The molecule has 0 aliphatic carbocycles. The summed E-state index contributed by atoms with van der Waals surface area (Å²) in [6.45, 7) is 19.9. The number of carboxylic acids is 1. The number of ether oxygens (including phenoxy) is 4. The number of carbonyl (C=O) groups is 7. The van der Waals surface area contributed by atoms with Crippen molar-refractivity contribution in [1.82, 2.24) is 9.44 Å². The molecule has 0 unspecified atom stereocenters. The average Bonchev–Trinajstić information content (AvgIpc) is 3.05. The fourth-order valence-corrected chi connectivity index (χ4v) is 7.57. The molecule has 2 aliphatic heterocycles. The maximum atomic E-state index is 14.5. The molecule has 2 aromatic carbocycles. The smallest absolute Gasteiger partial charge is 1.00 e. The normalized spacial score (nSPS) is 18.9. The molecule has 2 saturated heterocycles. The molecule has 2 heterocycles. The van der Waals surface area contributed by atoms with Crippen molar-refractivity contribution in [3.8, 4) is 0 Å². The zero-order valence-corrected chi connectivity index (χ0v) is 42.2. The number of halogens is 2. The molecule has 2 aliphatic rings. The van der Waals surface area contributed by atoms with E-state index in [0.717, 1.165) is 6.92 Å². The summed E-state index contributed by atoms with van der Waals surface area (Å²) in [7, 11) is -3.34. The number of cyclic esters (lactones) is 4. The average molecular weight is 950 g/mol. The van der Waals surface area contributed by atoms with Gasteiger partial charge >= 0.3 is 53.4 Å². The van der Waals surface area contributed by atoms with Crippen molar-refractivity contribution in [2.75, 3.05) is 0 Å². The van der Waals surface area contributed by atoms with E-state index < -0.39 is 132 Å². The maximum Gasteiger partial charge on any atom is 1.00 e. The SMILES string of the molecule is CC(=O)O.CC1(C)OC(=O)C(C(=O)C[C@](C)(N[S@](=O)C(C)(C)C)c2ccccc2F)C(=O)O1.CC1(C)OC(=O)C(C(=O)C[C@](C)(N[S@](=O)C(C)(C)C)c2ccccc2F)C(=O)O1.[B].[H-].[Na+]. The van der Waals surface area contributed by atoms with Gasteiger partial charge in [-0.3, -0.25) is 33.6 Å². The molecule has 16 nitrogen and oxygen atoms in total. The van der Waals surface area contributed by atoms with Gasteiger partial charge in [-0.2, -0.15) is 0 Å². The third kappa shape index (κ3) is 16.9. The molecule has 4 atom stereocenters. The number of ketones is 2. The van der Waals surface area contributed by atoms with Gasteiger partial charge in [0.25, 0.3) is 17.5 Å². The van der Waals surface area contributed by atoms with Gasteiger partial charge in [0.2, 0.25) is 11.8 Å². The Morgan fingerprint density at radius 2 is 0.859 bits per heavy atom. The molecule has 2 fully saturated rings. The van der Waals surface area contributed by atoms with Gasteiger partial charge in [-0.05, 0) is 67.5 Å². The second kappa shape index (κ2) is 23.1. The van der Waals surface area contributed by atoms with Crippen molar-refractivity contribution in [3.05, 3.63) is 71.3 Å². The van der Waals surface area contributed by atoms with Gasteiger partial charge in [0.15, 0.2) is 11.6 Å². The van der Waals surface area contributed by atoms with Gasteiger partial charge in [-0.15, -0.1) is 0 Å². The molecule has 22 heteroatoms. The molecule has 2 aromatic rings. The third-order valence-electron chi connectivity index (χ3n) is 8.71. The van der Waals surface area contributed by atoms with Crippen LogP contribution in [-0.2, 0) is 85.6 Å². The van der Waals surface area contributed by atoms with Crippen molar-refractivity contribution in [2.45, 2.75) is 135 Å². The first-order chi connectivity index (χ1) is 28.1. The molecule has 0 amide bonds. The molecule has 64 heavy (non-hydrogen) atoms. The van der Waals surface area contributed by atoms with Crippen molar-refractivity contribution in [3.63, 3.8) is 0 Å². The number of esters is 4. The van der Waals surface area contributed by atoms with E-state index in [0.29, 0.717) is 0 Å². The summed E-state index contributed by atoms with van der Waals surface area (Å²) in [6.07, 6.45) is -0.962. The summed E-state index contributed by atoms with van der Waals surface area (Å²) in [4.78, 5) is 83.7. The molecular weight excluding hydrogens is 892 g/mol. The van der Waals surface area contributed by atoms with Crippen LogP contribution in [0.1, 0.15) is 115 Å². The van der Waals surface area contributed by atoms with Crippen LogP contribution in [0.5, 0.6) is 0 Å². The van der Waals surface area contributed by atoms with Crippen molar-refractivity contribution < 1.29 is 106 Å². The van der Waals surface area contributed by atoms with Crippen LogP contribution in [0.2, 0.25) is 0 Å². The number of aliphatic carboxylic acids is 1. The minimum Gasteiger partial charge on any atom is -1.00 e. The van der Waals surface area contributed by atoms with E-state index >= 15 is 0 Å². The number of hydrogen-bond acceptors (Lipinski definition) is 13. The monoisotopic (exact) mass is 949 g/mol. The number of rotatable bonds is 12. The van der Waals surface area contributed by atoms with E-state index in [1.807, 2.05) is 0 Å². The number of carbonyl (C=O) groups excluding carboxylic acids is 6. The van der Waals surface area contributed by atoms with Gasteiger partial charge < -0.3 is 25.5 Å². The van der Waals surface area contributed by atoms with Crippen LogP contribution in [0.3, 0.4) is 0 Å². The first-order valence-electron chi connectivity index (χ1n) is 19.1. The minimum atomic E-state index is -1.78. The van der Waals surface area contributed by atoms with Gasteiger partial charge in [0.05, 0.1) is 42.5 Å². The molecule has 349 valence electrons. The molecule has 3 radical (unpaired) electrons. The maximum absolute atomic E-state index is 14.5. The molecule has 3 N–H and O–H groups in total. The number of carboxylic acid groups (broad SMARTS) is 1. The fourth-order valence-electron chi connectivity index (χ4n) is 5.77. The first kappa shape index (κ1) is 60.3. The predicted octanol–water partition coefficient (Wildman–Crippen LogP) is 1.84. The quantitative estimate of drug-likeness (QED) is 0.157. The van der Waals surface area contributed by atoms with Crippen LogP contribution < -0.4 is 39.0 Å². The van der Waals surface area contributed by atoms with E-state index in [-0.39, 0.29) is 50.5 Å². The molecule has 0 bridgehead atoms. The Hall–Kier alpha value is -3.73. The molecular formula is C42H57BF2N2NaO14S2. The van der Waals surface area contributed by atoms with E-state index in [1.54, 1.807) is 53.7 Å².